The molecule has 0 amide bonds. The molecule has 3 aliphatic rings. The highest BCUT2D eigenvalue weighted by Gasteiger charge is 2.32. The average molecular weight is 558 g/mol. The van der Waals surface area contributed by atoms with Crippen molar-refractivity contribution in [2.75, 3.05) is 36.0 Å². The summed E-state index contributed by atoms with van der Waals surface area (Å²) in [5, 5.41) is 3.03. The summed E-state index contributed by atoms with van der Waals surface area (Å²) in [6.07, 6.45) is 7.14. The van der Waals surface area contributed by atoms with Crippen LogP contribution < -0.4 is 14.5 Å². The molecule has 8 nitrogen and oxygen atoms in total. The quantitative estimate of drug-likeness (QED) is 0.318. The van der Waals surface area contributed by atoms with Crippen molar-refractivity contribution in [3.05, 3.63) is 70.9 Å². The van der Waals surface area contributed by atoms with Crippen LogP contribution in [0.4, 0.5) is 11.5 Å². The number of fused-ring (bicyclic) bond motifs is 3. The second kappa shape index (κ2) is 10.6. The minimum Gasteiger partial charge on any atom is -0.462 e. The van der Waals surface area contributed by atoms with Gasteiger partial charge in [-0.2, -0.15) is 9.97 Å². The standard InChI is InChI=1S/C31H36ClN7O/c1-3-36-13-6-9-23(36)19-40-31-34-27-18-37(28-11-5-8-22-7-4-10-26(32)29(22)28)14-12-25(27)30(35-31)39-17-24-15-33-20-38(24)16-21(39)2/h4-5,7-8,10-11,15,20-21,23H,3,6,9,12-14,16-19H2,1-2H3/t21-,23+/m1/s1. The summed E-state index contributed by atoms with van der Waals surface area (Å²) >= 11 is 6.72. The minimum absolute atomic E-state index is 0.286. The van der Waals surface area contributed by atoms with Crippen molar-refractivity contribution in [2.24, 2.45) is 0 Å². The molecule has 40 heavy (non-hydrogen) atoms. The lowest BCUT2D eigenvalue weighted by atomic mass is 10.0. The van der Waals surface area contributed by atoms with Crippen molar-refractivity contribution < 1.29 is 4.74 Å². The topological polar surface area (TPSA) is 62.6 Å². The van der Waals surface area contributed by atoms with E-state index in [-0.39, 0.29) is 6.04 Å². The van der Waals surface area contributed by atoms with Crippen LogP contribution >= 0.6 is 11.6 Å². The van der Waals surface area contributed by atoms with Gasteiger partial charge in [0.05, 0.1) is 35.8 Å². The maximum atomic E-state index is 6.72. The zero-order chi connectivity index (χ0) is 27.2. The minimum atomic E-state index is 0.286. The van der Waals surface area contributed by atoms with Crippen molar-refractivity contribution in [3.8, 4) is 6.01 Å². The molecule has 2 aromatic heterocycles. The molecule has 1 fully saturated rings. The number of anilines is 2. The summed E-state index contributed by atoms with van der Waals surface area (Å²) in [6.45, 7) is 10.5. The monoisotopic (exact) mass is 557 g/mol. The van der Waals surface area contributed by atoms with Crippen LogP contribution in [0, 0.1) is 0 Å². The molecule has 5 heterocycles. The summed E-state index contributed by atoms with van der Waals surface area (Å²) in [6, 6.07) is 13.7. The Labute approximate surface area is 240 Å². The third kappa shape index (κ3) is 4.57. The fourth-order valence-electron chi connectivity index (χ4n) is 6.75. The maximum Gasteiger partial charge on any atom is 0.318 e. The molecule has 2 atom stereocenters. The number of hydrogen-bond donors (Lipinski definition) is 0. The first-order valence-electron chi connectivity index (χ1n) is 14.5. The Morgan fingerprint density at radius 1 is 1.07 bits per heavy atom. The summed E-state index contributed by atoms with van der Waals surface area (Å²) in [4.78, 5) is 21.9. The number of rotatable bonds is 6. The first kappa shape index (κ1) is 25.6. The summed E-state index contributed by atoms with van der Waals surface area (Å²) < 4.78 is 8.64. The number of nitrogens with zero attached hydrogens (tertiary/aromatic N) is 7. The van der Waals surface area contributed by atoms with Gasteiger partial charge in [0.1, 0.15) is 12.4 Å². The molecular formula is C31H36ClN7O. The molecule has 0 aliphatic carbocycles. The van der Waals surface area contributed by atoms with Crippen LogP contribution in [0.15, 0.2) is 48.9 Å². The van der Waals surface area contributed by atoms with E-state index >= 15 is 0 Å². The number of halogens is 1. The highest BCUT2D eigenvalue weighted by Crippen LogP contribution is 2.38. The van der Waals surface area contributed by atoms with Crippen LogP contribution in [-0.4, -0.2) is 62.7 Å². The van der Waals surface area contributed by atoms with Gasteiger partial charge in [-0.25, -0.2) is 4.98 Å². The van der Waals surface area contributed by atoms with Gasteiger partial charge in [0.25, 0.3) is 0 Å². The highest BCUT2D eigenvalue weighted by atomic mass is 35.5. The molecule has 3 aliphatic heterocycles. The second-order valence-electron chi connectivity index (χ2n) is 11.3. The summed E-state index contributed by atoms with van der Waals surface area (Å²) in [7, 11) is 0. The van der Waals surface area contributed by atoms with Gasteiger partial charge in [-0.05, 0) is 56.8 Å². The number of hydrogen-bond acceptors (Lipinski definition) is 7. The zero-order valence-corrected chi connectivity index (χ0v) is 24.0. The van der Waals surface area contributed by atoms with E-state index in [4.69, 9.17) is 26.3 Å². The molecule has 208 valence electrons. The van der Waals surface area contributed by atoms with Gasteiger partial charge in [0.15, 0.2) is 0 Å². The SMILES string of the molecule is CCN1CCC[C@H]1COc1nc2c(c(N3Cc4cncn4C[C@H]3C)n1)CCN(c1cccc3cccc(Cl)c13)C2. The molecule has 4 aromatic rings. The third-order valence-corrected chi connectivity index (χ3v) is 9.22. The molecule has 0 spiro atoms. The lowest BCUT2D eigenvalue weighted by Crippen LogP contribution is -2.43. The molecule has 0 N–H and O–H groups in total. The van der Waals surface area contributed by atoms with Crippen LogP contribution in [-0.2, 0) is 26.1 Å². The number of likely N-dealkylation sites (N-methyl/N-ethyl adjacent to an activating group) is 1. The van der Waals surface area contributed by atoms with E-state index in [1.165, 1.54) is 17.7 Å². The van der Waals surface area contributed by atoms with E-state index < -0.39 is 0 Å². The van der Waals surface area contributed by atoms with E-state index in [0.29, 0.717) is 25.2 Å². The zero-order valence-electron chi connectivity index (χ0n) is 23.3. The lowest BCUT2D eigenvalue weighted by Gasteiger charge is -2.38. The van der Waals surface area contributed by atoms with Crippen LogP contribution in [0.2, 0.25) is 5.02 Å². The van der Waals surface area contributed by atoms with E-state index in [0.717, 1.165) is 78.6 Å². The molecule has 2 aromatic carbocycles. The Bertz CT molecular complexity index is 1530. The molecule has 7 rings (SSSR count). The number of ether oxygens (including phenoxy) is 1. The van der Waals surface area contributed by atoms with E-state index in [1.807, 2.05) is 24.7 Å². The smallest absolute Gasteiger partial charge is 0.318 e. The van der Waals surface area contributed by atoms with Crippen LogP contribution in [0.1, 0.15) is 43.6 Å². The van der Waals surface area contributed by atoms with Gasteiger partial charge in [-0.1, -0.05) is 42.8 Å². The Hall–Kier alpha value is -3.36. The fraction of sp³-hybridized carbons (Fsp3) is 0.452. The highest BCUT2D eigenvalue weighted by molar-refractivity contribution is 6.36. The normalized spacial score (nSPS) is 21.1. The Morgan fingerprint density at radius 3 is 2.83 bits per heavy atom. The lowest BCUT2D eigenvalue weighted by molar-refractivity contribution is 0.170. The fourth-order valence-corrected chi connectivity index (χ4v) is 7.03. The molecule has 0 bridgehead atoms. The van der Waals surface area contributed by atoms with Crippen molar-refractivity contribution >= 4 is 33.9 Å². The third-order valence-electron chi connectivity index (χ3n) is 8.90. The average Bonchev–Trinajstić information content (AvgIpc) is 3.63. The first-order chi connectivity index (χ1) is 19.6. The van der Waals surface area contributed by atoms with Crippen LogP contribution in [0.3, 0.4) is 0 Å². The summed E-state index contributed by atoms with van der Waals surface area (Å²) in [5.74, 6) is 1.01. The van der Waals surface area contributed by atoms with Gasteiger partial charge in [-0.15, -0.1) is 0 Å². The number of benzene rings is 2. The summed E-state index contributed by atoms with van der Waals surface area (Å²) in [5.41, 5.74) is 4.63. The van der Waals surface area contributed by atoms with Gasteiger partial charge < -0.3 is 19.1 Å². The van der Waals surface area contributed by atoms with Crippen molar-refractivity contribution in [3.63, 3.8) is 0 Å². The molecule has 0 radical (unpaired) electrons. The second-order valence-corrected chi connectivity index (χ2v) is 11.7. The predicted molar refractivity (Wildman–Crippen MR) is 159 cm³/mol. The van der Waals surface area contributed by atoms with Gasteiger partial charge in [-0.3, -0.25) is 4.90 Å². The van der Waals surface area contributed by atoms with Crippen molar-refractivity contribution in [1.29, 1.82) is 0 Å². The Kier molecular flexibility index (Phi) is 6.76. The van der Waals surface area contributed by atoms with Crippen LogP contribution in [0.5, 0.6) is 6.01 Å². The number of imidazole rings is 1. The maximum absolute atomic E-state index is 6.72. The number of aromatic nitrogens is 4. The predicted octanol–water partition coefficient (Wildman–Crippen LogP) is 5.31. The largest absolute Gasteiger partial charge is 0.462 e. The molecule has 9 heteroatoms. The van der Waals surface area contributed by atoms with Gasteiger partial charge in [0, 0.05) is 48.0 Å². The van der Waals surface area contributed by atoms with E-state index in [1.54, 1.807) is 0 Å². The molecule has 0 saturated carbocycles. The first-order valence-corrected chi connectivity index (χ1v) is 14.9. The Balaban J connectivity index is 1.25. The number of likely N-dealkylation sites (tertiary alicyclic amines) is 1. The van der Waals surface area contributed by atoms with Gasteiger partial charge in [0.2, 0.25) is 0 Å². The van der Waals surface area contributed by atoms with E-state index in [9.17, 15) is 0 Å². The van der Waals surface area contributed by atoms with Crippen molar-refractivity contribution in [1.82, 2.24) is 24.4 Å². The molecular weight excluding hydrogens is 522 g/mol. The molecule has 1 saturated heterocycles. The Morgan fingerprint density at radius 2 is 1.95 bits per heavy atom. The van der Waals surface area contributed by atoms with Crippen molar-refractivity contribution in [2.45, 2.75) is 64.8 Å². The van der Waals surface area contributed by atoms with Crippen LogP contribution in [0.25, 0.3) is 10.8 Å². The van der Waals surface area contributed by atoms with E-state index in [2.05, 4.69) is 62.4 Å². The van der Waals surface area contributed by atoms with Gasteiger partial charge >= 0.3 is 6.01 Å². The molecule has 0 unspecified atom stereocenters.